The highest BCUT2D eigenvalue weighted by Gasteiger charge is 2.12. The second-order valence-electron chi connectivity index (χ2n) is 5.02. The van der Waals surface area contributed by atoms with Crippen molar-refractivity contribution in [2.24, 2.45) is 10.7 Å². The summed E-state index contributed by atoms with van der Waals surface area (Å²) < 4.78 is 16.1. The Morgan fingerprint density at radius 1 is 1.00 bits per heavy atom. The zero-order chi connectivity index (χ0) is 17.4. The zero-order valence-electron chi connectivity index (χ0n) is 14.2. The van der Waals surface area contributed by atoms with Crippen LogP contribution < -0.4 is 25.3 Å². The van der Waals surface area contributed by atoms with E-state index in [4.69, 9.17) is 19.9 Å². The molecule has 2 rings (SSSR count). The molecule has 2 aromatic rings. The number of nitrogens with two attached hydrogens (primary N) is 1. The molecule has 0 spiro atoms. The number of aliphatic imine (C=N–C) groups is 1. The predicted octanol–water partition coefficient (Wildman–Crippen LogP) is 2.68. The van der Waals surface area contributed by atoms with Crippen LogP contribution in [0.4, 0.5) is 5.69 Å². The third kappa shape index (κ3) is 4.55. The van der Waals surface area contributed by atoms with E-state index in [9.17, 15) is 0 Å². The fourth-order valence-electron chi connectivity index (χ4n) is 2.32. The van der Waals surface area contributed by atoms with E-state index in [0.717, 1.165) is 11.3 Å². The summed E-state index contributed by atoms with van der Waals surface area (Å²) in [5, 5.41) is 3.05. The molecular weight excluding hydrogens is 306 g/mol. The largest absolute Gasteiger partial charge is 0.496 e. The second-order valence-corrected chi connectivity index (χ2v) is 5.02. The van der Waals surface area contributed by atoms with Gasteiger partial charge in [0.1, 0.15) is 17.2 Å². The normalized spacial score (nSPS) is 11.0. The molecule has 0 amide bonds. The van der Waals surface area contributed by atoms with E-state index in [1.165, 1.54) is 0 Å². The van der Waals surface area contributed by atoms with Crippen LogP contribution in [0.2, 0.25) is 0 Å². The van der Waals surface area contributed by atoms with E-state index < -0.39 is 0 Å². The Labute approximate surface area is 142 Å². The van der Waals surface area contributed by atoms with Gasteiger partial charge >= 0.3 is 0 Å². The van der Waals surface area contributed by atoms with Gasteiger partial charge < -0.3 is 25.3 Å². The lowest BCUT2D eigenvalue weighted by atomic mass is 10.1. The molecule has 0 aliphatic rings. The molecule has 2 aromatic carbocycles. The fraction of sp³-hybridized carbons (Fsp3) is 0.278. The maximum absolute atomic E-state index is 5.91. The lowest BCUT2D eigenvalue weighted by Crippen LogP contribution is -2.23. The standard InChI is InChI=1S/C18H23N3O3/c1-22-14-11-16(23-2)15(17(12-14)24-3)9-10-20-18(19)21-13-7-5-4-6-8-13/h4-8,11-12H,9-10H2,1-3H3,(H3,19,20,21). The number of guanidine groups is 1. The Morgan fingerprint density at radius 2 is 1.62 bits per heavy atom. The number of nitrogens with zero attached hydrogens (tertiary/aromatic N) is 1. The minimum absolute atomic E-state index is 0.368. The summed E-state index contributed by atoms with van der Waals surface area (Å²) in [6.45, 7) is 0.505. The highest BCUT2D eigenvalue weighted by molar-refractivity contribution is 5.92. The van der Waals surface area contributed by atoms with Crippen molar-refractivity contribution < 1.29 is 14.2 Å². The number of hydrogen-bond acceptors (Lipinski definition) is 4. The first-order valence-corrected chi connectivity index (χ1v) is 7.58. The van der Waals surface area contributed by atoms with Crippen molar-refractivity contribution in [1.82, 2.24) is 0 Å². The van der Waals surface area contributed by atoms with Crippen molar-refractivity contribution in [3.63, 3.8) is 0 Å². The Hall–Kier alpha value is -2.89. The molecule has 0 bridgehead atoms. The number of anilines is 1. The van der Waals surface area contributed by atoms with Gasteiger partial charge in [-0.15, -0.1) is 0 Å². The summed E-state index contributed by atoms with van der Waals surface area (Å²) in [7, 11) is 4.84. The highest BCUT2D eigenvalue weighted by Crippen LogP contribution is 2.34. The first kappa shape index (κ1) is 17.5. The van der Waals surface area contributed by atoms with Crippen molar-refractivity contribution in [2.75, 3.05) is 33.2 Å². The van der Waals surface area contributed by atoms with Gasteiger partial charge in [0.2, 0.25) is 0 Å². The fourth-order valence-corrected chi connectivity index (χ4v) is 2.32. The molecular formula is C18H23N3O3. The van der Waals surface area contributed by atoms with Crippen LogP contribution in [0.15, 0.2) is 47.5 Å². The number of para-hydroxylation sites is 1. The SMILES string of the molecule is COc1cc(OC)c(CCN=C(N)Nc2ccccc2)c(OC)c1. The molecule has 0 atom stereocenters. The van der Waals surface area contributed by atoms with Gasteiger partial charge in [0.25, 0.3) is 0 Å². The lowest BCUT2D eigenvalue weighted by molar-refractivity contribution is 0.369. The first-order chi connectivity index (χ1) is 11.7. The molecule has 0 fully saturated rings. The minimum atomic E-state index is 0.368. The molecule has 6 nitrogen and oxygen atoms in total. The van der Waals surface area contributed by atoms with E-state index in [0.29, 0.717) is 36.2 Å². The van der Waals surface area contributed by atoms with Crippen LogP contribution >= 0.6 is 0 Å². The highest BCUT2D eigenvalue weighted by atomic mass is 16.5. The van der Waals surface area contributed by atoms with Crippen LogP contribution in [0.3, 0.4) is 0 Å². The Morgan fingerprint density at radius 3 is 2.17 bits per heavy atom. The molecule has 0 saturated heterocycles. The van der Waals surface area contributed by atoms with Crippen LogP contribution in [-0.2, 0) is 6.42 Å². The molecule has 128 valence electrons. The molecule has 0 heterocycles. The number of benzene rings is 2. The summed E-state index contributed by atoms with van der Waals surface area (Å²) in [4.78, 5) is 4.35. The van der Waals surface area contributed by atoms with E-state index in [-0.39, 0.29) is 0 Å². The third-order valence-corrected chi connectivity index (χ3v) is 3.51. The number of methoxy groups -OCH3 is 3. The quantitative estimate of drug-likeness (QED) is 0.603. The molecule has 24 heavy (non-hydrogen) atoms. The molecule has 6 heteroatoms. The Bertz CT molecular complexity index is 662. The first-order valence-electron chi connectivity index (χ1n) is 7.58. The van der Waals surface area contributed by atoms with E-state index >= 15 is 0 Å². The predicted molar refractivity (Wildman–Crippen MR) is 96.4 cm³/mol. The summed E-state index contributed by atoms with van der Waals surface area (Å²) in [6.07, 6.45) is 0.632. The van der Waals surface area contributed by atoms with E-state index in [1.54, 1.807) is 21.3 Å². The zero-order valence-corrected chi connectivity index (χ0v) is 14.2. The summed E-state index contributed by atoms with van der Waals surface area (Å²) in [6, 6.07) is 13.3. The average molecular weight is 329 g/mol. The van der Waals surface area contributed by atoms with Gasteiger partial charge in [-0.05, 0) is 18.6 Å². The Kier molecular flexibility index (Phi) is 6.31. The van der Waals surface area contributed by atoms with Gasteiger partial charge in [0.15, 0.2) is 5.96 Å². The van der Waals surface area contributed by atoms with Crippen molar-refractivity contribution in [1.29, 1.82) is 0 Å². The minimum Gasteiger partial charge on any atom is -0.496 e. The molecule has 0 unspecified atom stereocenters. The summed E-state index contributed by atoms with van der Waals surface area (Å²) in [5.74, 6) is 2.46. The van der Waals surface area contributed by atoms with Crippen LogP contribution in [0.5, 0.6) is 17.2 Å². The number of ether oxygens (including phenoxy) is 3. The lowest BCUT2D eigenvalue weighted by Gasteiger charge is -2.14. The maximum Gasteiger partial charge on any atom is 0.193 e. The molecule has 0 aromatic heterocycles. The van der Waals surface area contributed by atoms with Crippen molar-refractivity contribution >= 4 is 11.6 Å². The van der Waals surface area contributed by atoms with Gasteiger partial charge in [-0.3, -0.25) is 4.99 Å². The van der Waals surface area contributed by atoms with Gasteiger partial charge in [-0.1, -0.05) is 18.2 Å². The third-order valence-electron chi connectivity index (χ3n) is 3.51. The van der Waals surface area contributed by atoms with Gasteiger partial charge in [-0.25, -0.2) is 0 Å². The monoisotopic (exact) mass is 329 g/mol. The van der Waals surface area contributed by atoms with Crippen molar-refractivity contribution in [3.8, 4) is 17.2 Å². The van der Waals surface area contributed by atoms with E-state index in [2.05, 4.69) is 10.3 Å². The number of nitrogens with one attached hydrogen (secondary N) is 1. The van der Waals surface area contributed by atoms with Gasteiger partial charge in [-0.2, -0.15) is 0 Å². The maximum atomic E-state index is 5.91. The van der Waals surface area contributed by atoms with Crippen LogP contribution in [-0.4, -0.2) is 33.8 Å². The van der Waals surface area contributed by atoms with E-state index in [1.807, 2.05) is 42.5 Å². The second kappa shape index (κ2) is 8.67. The molecule has 0 aliphatic heterocycles. The number of rotatable bonds is 7. The van der Waals surface area contributed by atoms with Crippen molar-refractivity contribution in [3.05, 3.63) is 48.0 Å². The molecule has 0 saturated carbocycles. The topological polar surface area (TPSA) is 78.1 Å². The molecule has 0 radical (unpaired) electrons. The average Bonchev–Trinajstić information content (AvgIpc) is 2.62. The number of hydrogen-bond donors (Lipinski definition) is 2. The molecule has 3 N–H and O–H groups in total. The van der Waals surface area contributed by atoms with Gasteiger partial charge in [0.05, 0.1) is 21.3 Å². The van der Waals surface area contributed by atoms with Gasteiger partial charge in [0, 0.05) is 29.9 Å². The van der Waals surface area contributed by atoms with Crippen LogP contribution in [0, 0.1) is 0 Å². The van der Waals surface area contributed by atoms with Crippen LogP contribution in [0.25, 0.3) is 0 Å². The summed E-state index contributed by atoms with van der Waals surface area (Å²) in [5.41, 5.74) is 7.74. The molecule has 0 aliphatic carbocycles. The summed E-state index contributed by atoms with van der Waals surface area (Å²) >= 11 is 0. The van der Waals surface area contributed by atoms with Crippen molar-refractivity contribution in [2.45, 2.75) is 6.42 Å². The Balaban J connectivity index is 2.06. The van der Waals surface area contributed by atoms with Crippen LogP contribution in [0.1, 0.15) is 5.56 Å². The smallest absolute Gasteiger partial charge is 0.193 e.